The molecule has 14 heteroatoms. The van der Waals surface area contributed by atoms with E-state index in [1.807, 2.05) is 30.3 Å². The highest BCUT2D eigenvalue weighted by atomic mass is 16.5. The lowest BCUT2D eigenvalue weighted by Crippen LogP contribution is -2.47. The van der Waals surface area contributed by atoms with E-state index < -0.39 is 36.1 Å². The van der Waals surface area contributed by atoms with Gasteiger partial charge in [0.1, 0.15) is 12.1 Å². The summed E-state index contributed by atoms with van der Waals surface area (Å²) in [6.45, 7) is 0.436. The average molecular weight is 505 g/mol. The molecule has 196 valence electrons. The Morgan fingerprint density at radius 2 is 1.81 bits per heavy atom. The van der Waals surface area contributed by atoms with Gasteiger partial charge in [0.2, 0.25) is 5.89 Å². The molecule has 2 rings (SSSR count). The zero-order chi connectivity index (χ0) is 26.5. The molecule has 0 aliphatic carbocycles. The summed E-state index contributed by atoms with van der Waals surface area (Å²) in [6.07, 6.45) is 1.26. The lowest BCUT2D eigenvalue weighted by molar-refractivity contribution is -0.139. The fourth-order valence-corrected chi connectivity index (χ4v) is 3.31. The van der Waals surface area contributed by atoms with Crippen molar-refractivity contribution in [3.05, 3.63) is 47.6 Å². The molecule has 10 N–H and O–H groups in total. The van der Waals surface area contributed by atoms with E-state index in [4.69, 9.17) is 26.5 Å². The molecule has 36 heavy (non-hydrogen) atoms. The summed E-state index contributed by atoms with van der Waals surface area (Å²) in [7, 11) is 0. The van der Waals surface area contributed by atoms with E-state index in [0.29, 0.717) is 25.8 Å². The summed E-state index contributed by atoms with van der Waals surface area (Å²) in [4.78, 5) is 39.5. The third kappa shape index (κ3) is 9.97. The average Bonchev–Trinajstić information content (AvgIpc) is 3.32. The molecule has 0 unspecified atom stereocenters. The maximum atomic E-state index is 12.6. The normalized spacial score (nSPS) is 13.2. The number of aryl methyl sites for hydroxylation is 1. The molecule has 14 nitrogen and oxygen atoms in total. The van der Waals surface area contributed by atoms with Crippen molar-refractivity contribution in [1.29, 1.82) is 5.41 Å². The van der Waals surface area contributed by atoms with E-state index in [0.717, 1.165) is 5.56 Å². The van der Waals surface area contributed by atoms with Crippen molar-refractivity contribution < 1.29 is 29.1 Å². The van der Waals surface area contributed by atoms with E-state index in [2.05, 4.69) is 26.1 Å². The third-order valence-corrected chi connectivity index (χ3v) is 5.21. The Balaban J connectivity index is 2.00. The number of aromatic nitrogens is 2. The summed E-state index contributed by atoms with van der Waals surface area (Å²) >= 11 is 0. The lowest BCUT2D eigenvalue weighted by atomic mass is 10.1. The van der Waals surface area contributed by atoms with Gasteiger partial charge < -0.3 is 42.2 Å². The van der Waals surface area contributed by atoms with Gasteiger partial charge in [0.15, 0.2) is 11.8 Å². The summed E-state index contributed by atoms with van der Waals surface area (Å²) in [6, 6.07) is 5.69. The maximum absolute atomic E-state index is 12.6. The van der Waals surface area contributed by atoms with Crippen LogP contribution in [-0.4, -0.2) is 56.9 Å². The van der Waals surface area contributed by atoms with Crippen LogP contribution >= 0.6 is 0 Å². The number of nitrogens with two attached hydrogens (primary N) is 2. The van der Waals surface area contributed by atoms with Gasteiger partial charge in [-0.2, -0.15) is 4.98 Å². The smallest absolute Gasteiger partial charge is 0.326 e. The zero-order valence-electron chi connectivity index (χ0n) is 19.6. The zero-order valence-corrected chi connectivity index (χ0v) is 19.6. The molecular formula is C22H32N8O6. The Morgan fingerprint density at radius 3 is 2.44 bits per heavy atom. The van der Waals surface area contributed by atoms with Gasteiger partial charge in [0, 0.05) is 13.0 Å². The second-order valence-corrected chi connectivity index (χ2v) is 8.10. The van der Waals surface area contributed by atoms with Crippen LogP contribution in [0, 0.1) is 5.41 Å². The minimum absolute atomic E-state index is 0.0464. The van der Waals surface area contributed by atoms with Crippen molar-refractivity contribution in [2.75, 3.05) is 6.54 Å². The molecule has 0 aliphatic heterocycles. The molecule has 3 atom stereocenters. The van der Waals surface area contributed by atoms with Crippen molar-refractivity contribution in [1.82, 2.24) is 26.1 Å². The van der Waals surface area contributed by atoms with Gasteiger partial charge in [-0.3, -0.25) is 10.2 Å². The minimum atomic E-state index is -1.20. The summed E-state index contributed by atoms with van der Waals surface area (Å²) in [5.41, 5.74) is 12.2. The number of amides is 2. The second kappa shape index (κ2) is 14.3. The number of rotatable bonds is 15. The van der Waals surface area contributed by atoms with Crippen LogP contribution in [0.3, 0.4) is 0 Å². The SMILES string of the molecule is N=C(N)NCCC[C@H](N)c1noc([C@H](CCC(=O)O)NC(=O)N[C@@H](CCc2ccccc2)C(=O)O)n1. The molecular weight excluding hydrogens is 472 g/mol. The summed E-state index contributed by atoms with van der Waals surface area (Å²) in [5, 5.41) is 37.1. The number of nitrogens with zero attached hydrogens (tertiary/aromatic N) is 2. The molecule has 0 bridgehead atoms. The quantitative estimate of drug-likeness (QED) is 0.0949. The number of carboxylic acid groups (broad SMARTS) is 2. The van der Waals surface area contributed by atoms with E-state index in [1.54, 1.807) is 0 Å². The fraction of sp³-hybridized carbons (Fsp3) is 0.455. The predicted molar refractivity (Wildman–Crippen MR) is 128 cm³/mol. The molecule has 1 aromatic heterocycles. The van der Waals surface area contributed by atoms with Gasteiger partial charge in [0.05, 0.1) is 6.04 Å². The standard InChI is InChI=1S/C22H32N8O6/c23-14(7-4-12-26-21(24)25)18-29-19(36-30-18)15(10-11-17(31)32)27-22(35)28-16(20(33)34)9-8-13-5-2-1-3-6-13/h1-3,5-6,14-16H,4,7-12,23H2,(H,31,32)(H,33,34)(H4,24,25,26)(H2,27,28,35)/t14-,15-,16-/m0/s1. The number of urea groups is 1. The van der Waals surface area contributed by atoms with E-state index >= 15 is 0 Å². The number of hydrogen-bond donors (Lipinski definition) is 8. The molecule has 0 saturated heterocycles. The van der Waals surface area contributed by atoms with Crippen LogP contribution in [0.2, 0.25) is 0 Å². The van der Waals surface area contributed by atoms with E-state index in [1.165, 1.54) is 0 Å². The van der Waals surface area contributed by atoms with Crippen LogP contribution in [0.25, 0.3) is 0 Å². The number of guanidine groups is 1. The van der Waals surface area contributed by atoms with Crippen LogP contribution in [0.15, 0.2) is 34.9 Å². The summed E-state index contributed by atoms with van der Waals surface area (Å²) < 4.78 is 5.22. The first-order valence-corrected chi connectivity index (χ1v) is 11.4. The monoisotopic (exact) mass is 504 g/mol. The van der Waals surface area contributed by atoms with Crippen molar-refractivity contribution >= 4 is 23.9 Å². The lowest BCUT2D eigenvalue weighted by Gasteiger charge is -2.18. The Bertz CT molecular complexity index is 1010. The number of benzene rings is 1. The fourth-order valence-electron chi connectivity index (χ4n) is 3.31. The van der Waals surface area contributed by atoms with Crippen molar-refractivity contribution in [2.24, 2.45) is 11.5 Å². The Labute approximate surface area is 207 Å². The highest BCUT2D eigenvalue weighted by Gasteiger charge is 2.26. The number of hydrogen-bond acceptors (Lipinski definition) is 8. The molecule has 0 saturated carbocycles. The van der Waals surface area contributed by atoms with Crippen LogP contribution in [0.4, 0.5) is 4.79 Å². The number of aliphatic carboxylic acids is 2. The largest absolute Gasteiger partial charge is 0.481 e. The number of carbonyl (C=O) groups excluding carboxylic acids is 1. The minimum Gasteiger partial charge on any atom is -0.481 e. The van der Waals surface area contributed by atoms with E-state index in [-0.39, 0.29) is 36.9 Å². The second-order valence-electron chi connectivity index (χ2n) is 8.10. The molecule has 2 aromatic rings. The van der Waals surface area contributed by atoms with Crippen LogP contribution in [-0.2, 0) is 16.0 Å². The first-order valence-electron chi connectivity index (χ1n) is 11.4. The van der Waals surface area contributed by atoms with Gasteiger partial charge >= 0.3 is 18.0 Å². The van der Waals surface area contributed by atoms with Crippen molar-refractivity contribution in [3.8, 4) is 0 Å². The highest BCUT2D eigenvalue weighted by molar-refractivity contribution is 5.82. The van der Waals surface area contributed by atoms with Crippen molar-refractivity contribution in [2.45, 2.75) is 56.7 Å². The van der Waals surface area contributed by atoms with Gasteiger partial charge in [-0.1, -0.05) is 35.5 Å². The molecule has 0 spiro atoms. The van der Waals surface area contributed by atoms with Crippen LogP contribution < -0.4 is 27.4 Å². The Morgan fingerprint density at radius 1 is 1.08 bits per heavy atom. The molecule has 0 radical (unpaired) electrons. The van der Waals surface area contributed by atoms with Gasteiger partial charge in [-0.05, 0) is 37.7 Å². The Kier molecular flexibility index (Phi) is 11.1. The third-order valence-electron chi connectivity index (χ3n) is 5.21. The first-order chi connectivity index (χ1) is 17.2. The molecule has 1 heterocycles. The van der Waals surface area contributed by atoms with Gasteiger partial charge in [-0.15, -0.1) is 0 Å². The topological polar surface area (TPSA) is 243 Å². The highest BCUT2D eigenvalue weighted by Crippen LogP contribution is 2.20. The number of carboxylic acids is 2. The predicted octanol–water partition coefficient (Wildman–Crippen LogP) is 0.624. The number of carbonyl (C=O) groups is 3. The molecule has 2 amide bonds. The van der Waals surface area contributed by atoms with Gasteiger partial charge in [-0.25, -0.2) is 9.59 Å². The van der Waals surface area contributed by atoms with Crippen molar-refractivity contribution in [3.63, 3.8) is 0 Å². The molecule has 1 aromatic carbocycles. The van der Waals surface area contributed by atoms with Crippen LogP contribution in [0.1, 0.15) is 61.5 Å². The van der Waals surface area contributed by atoms with E-state index in [9.17, 15) is 19.5 Å². The summed E-state index contributed by atoms with van der Waals surface area (Å²) in [5.74, 6) is -2.32. The molecule has 0 fully saturated rings. The molecule has 0 aliphatic rings. The number of nitrogens with one attached hydrogen (secondary N) is 4. The maximum Gasteiger partial charge on any atom is 0.326 e. The first kappa shape index (κ1) is 28.0. The van der Waals surface area contributed by atoms with Crippen LogP contribution in [0.5, 0.6) is 0 Å². The Hall–Kier alpha value is -4.20. The van der Waals surface area contributed by atoms with Gasteiger partial charge in [0.25, 0.3) is 0 Å².